The lowest BCUT2D eigenvalue weighted by Gasteiger charge is -2.58. The van der Waals surface area contributed by atoms with Crippen LogP contribution in [0.25, 0.3) is 0 Å². The molecule has 3 saturated carbocycles. The Balaban J connectivity index is 1.16. The van der Waals surface area contributed by atoms with Crippen LogP contribution in [-0.4, -0.2) is 15.8 Å². The van der Waals surface area contributed by atoms with Gasteiger partial charge in [0.05, 0.1) is 0 Å². The van der Waals surface area contributed by atoms with Crippen molar-refractivity contribution in [2.45, 2.75) is 122 Å². The van der Waals surface area contributed by atoms with Crippen molar-refractivity contribution in [3.05, 3.63) is 41.1 Å². The van der Waals surface area contributed by atoms with Gasteiger partial charge in [-0.1, -0.05) is 70.9 Å². The summed E-state index contributed by atoms with van der Waals surface area (Å²) in [7, 11) is 0. The number of rotatable bonds is 10. The molecular weight excluding hydrogens is 518 g/mol. The smallest absolute Gasteiger partial charge is 0.372 e. The molecule has 1 aromatic carbocycles. The van der Waals surface area contributed by atoms with Crippen molar-refractivity contribution in [1.82, 2.24) is 0 Å². The molecule has 0 spiro atoms. The third-order valence-electron chi connectivity index (χ3n) is 11.7. The molecule has 0 aliphatic heterocycles. The number of hydrogen-bond acceptors (Lipinski definition) is 5. The second-order valence-corrected chi connectivity index (χ2v) is 15.0. The molecule has 0 radical (unpaired) electrons. The number of benzene rings is 1. The number of fused-ring (bicyclic) bond motifs is 5. The summed E-state index contributed by atoms with van der Waals surface area (Å²) in [6, 6.07) is 6.06. The van der Waals surface area contributed by atoms with E-state index in [0.717, 1.165) is 36.5 Å². The van der Waals surface area contributed by atoms with Crippen molar-refractivity contribution in [3.63, 3.8) is 0 Å². The zero-order valence-corrected chi connectivity index (χ0v) is 25.8. The lowest BCUT2D eigenvalue weighted by atomic mass is 9.47. The van der Waals surface area contributed by atoms with Crippen molar-refractivity contribution < 1.29 is 20.0 Å². The molecule has 3 fully saturated rings. The van der Waals surface area contributed by atoms with E-state index >= 15 is 0 Å². The van der Waals surface area contributed by atoms with Crippen LogP contribution in [0.2, 0.25) is 0 Å². The van der Waals surface area contributed by atoms with Crippen molar-refractivity contribution in [3.8, 4) is 5.75 Å². The number of ether oxygens (including phenoxy) is 1. The summed E-state index contributed by atoms with van der Waals surface area (Å²) in [5.74, 6) is 3.86. The SMILES string of the molecule is CCCCCCCCC1CCC2C3CC=C4CC(SC(=O)Oc5ccc([NH+]([O-])O)cc5)CCC4(C)C3CCC12C. The van der Waals surface area contributed by atoms with Gasteiger partial charge in [-0.15, -0.1) is 0 Å². The molecule has 5 nitrogen and oxygen atoms in total. The van der Waals surface area contributed by atoms with E-state index in [0.29, 0.717) is 11.2 Å². The van der Waals surface area contributed by atoms with Crippen LogP contribution in [-0.2, 0) is 0 Å². The number of unbranched alkanes of at least 4 members (excludes halogenated alkanes) is 5. The minimum absolute atomic E-state index is 0.190. The lowest BCUT2D eigenvalue weighted by molar-refractivity contribution is -0.991. The number of carbonyl (C=O) groups excluding carboxylic acids is 1. The molecule has 0 saturated heterocycles. The van der Waals surface area contributed by atoms with Gasteiger partial charge in [0, 0.05) is 17.4 Å². The molecule has 0 amide bonds. The molecule has 0 aromatic heterocycles. The molecule has 8 atom stereocenters. The first-order valence-electron chi connectivity index (χ1n) is 16.2. The predicted octanol–water partition coefficient (Wildman–Crippen LogP) is 9.02. The van der Waals surface area contributed by atoms with Crippen LogP contribution in [0.4, 0.5) is 10.5 Å². The zero-order valence-electron chi connectivity index (χ0n) is 25.0. The van der Waals surface area contributed by atoms with Gasteiger partial charge in [-0.2, -0.15) is 5.23 Å². The number of quaternary nitrogens is 1. The largest absolute Gasteiger partial charge is 0.595 e. The molecule has 5 rings (SSSR count). The van der Waals surface area contributed by atoms with Gasteiger partial charge in [0.1, 0.15) is 5.75 Å². The first-order chi connectivity index (χ1) is 19.2. The van der Waals surface area contributed by atoms with E-state index < -0.39 is 5.23 Å². The molecule has 4 aliphatic carbocycles. The van der Waals surface area contributed by atoms with E-state index in [-0.39, 0.29) is 21.7 Å². The molecule has 4 aliphatic rings. The van der Waals surface area contributed by atoms with Crippen LogP contribution < -0.4 is 9.96 Å². The summed E-state index contributed by atoms with van der Waals surface area (Å²) in [6.07, 6.45) is 22.6. The number of carbonyl (C=O) groups is 1. The molecule has 2 N–H and O–H groups in total. The Hall–Kier alpha value is -1.34. The minimum Gasteiger partial charge on any atom is -0.595 e. The summed E-state index contributed by atoms with van der Waals surface area (Å²) >= 11 is 1.32. The molecule has 0 heterocycles. The van der Waals surface area contributed by atoms with E-state index in [1.165, 1.54) is 107 Å². The van der Waals surface area contributed by atoms with Crippen LogP contribution in [0.15, 0.2) is 35.9 Å². The van der Waals surface area contributed by atoms with E-state index in [4.69, 9.17) is 9.94 Å². The molecule has 8 unspecified atom stereocenters. The van der Waals surface area contributed by atoms with Gasteiger partial charge in [-0.05, 0) is 116 Å². The Morgan fingerprint density at radius 1 is 1.02 bits per heavy atom. The van der Waals surface area contributed by atoms with Crippen molar-refractivity contribution in [2.24, 2.45) is 34.5 Å². The quantitative estimate of drug-likeness (QED) is 0.127. The zero-order chi connectivity index (χ0) is 28.3. The van der Waals surface area contributed by atoms with Crippen LogP contribution in [0.3, 0.4) is 0 Å². The molecule has 222 valence electrons. The van der Waals surface area contributed by atoms with Gasteiger partial charge in [0.25, 0.3) is 0 Å². The molecular formula is C34H51NO4S. The maximum absolute atomic E-state index is 12.7. The van der Waals surface area contributed by atoms with Gasteiger partial charge in [-0.25, -0.2) is 10.0 Å². The monoisotopic (exact) mass is 569 g/mol. The number of hydrogen-bond donors (Lipinski definition) is 2. The van der Waals surface area contributed by atoms with E-state index in [9.17, 15) is 10.0 Å². The molecule has 6 heteroatoms. The predicted molar refractivity (Wildman–Crippen MR) is 163 cm³/mol. The Labute approximate surface area is 246 Å². The van der Waals surface area contributed by atoms with Crippen molar-refractivity contribution in [2.75, 3.05) is 0 Å². The number of thioether (sulfide) groups is 1. The third kappa shape index (κ3) is 6.21. The normalized spacial score (nSPS) is 35.7. The maximum atomic E-state index is 12.7. The Bertz CT molecular complexity index is 1040. The van der Waals surface area contributed by atoms with Gasteiger partial charge < -0.3 is 9.94 Å². The van der Waals surface area contributed by atoms with E-state index in [1.54, 1.807) is 17.7 Å². The fourth-order valence-electron chi connectivity index (χ4n) is 9.40. The van der Waals surface area contributed by atoms with Crippen molar-refractivity contribution >= 4 is 22.8 Å². The van der Waals surface area contributed by atoms with Gasteiger partial charge in [-0.3, -0.25) is 0 Å². The fraction of sp³-hybridized carbons (Fsp3) is 0.735. The highest BCUT2D eigenvalue weighted by Gasteiger charge is 2.58. The molecule has 40 heavy (non-hydrogen) atoms. The highest BCUT2D eigenvalue weighted by atomic mass is 32.2. The topological polar surface area (TPSA) is 74.0 Å². The summed E-state index contributed by atoms with van der Waals surface area (Å²) < 4.78 is 5.53. The first kappa shape index (κ1) is 30.1. The van der Waals surface area contributed by atoms with Gasteiger partial charge in [0.2, 0.25) is 0 Å². The fourth-order valence-corrected chi connectivity index (χ4v) is 10.3. The average molecular weight is 570 g/mol. The van der Waals surface area contributed by atoms with Gasteiger partial charge in [0.15, 0.2) is 5.69 Å². The summed E-state index contributed by atoms with van der Waals surface area (Å²) in [6.45, 7) is 7.51. The maximum Gasteiger partial charge on any atom is 0.372 e. The Morgan fingerprint density at radius 2 is 1.77 bits per heavy atom. The first-order valence-corrected chi connectivity index (χ1v) is 17.0. The standard InChI is InChI=1S/C34H51NO4S/c1-4-5-6-7-8-9-10-24-12-18-30-29-17-11-25-23-28(19-21-34(25,3)31(29)20-22-33(24,30)2)40-32(36)39-27-15-13-26(14-16-27)35(37)38/h11,13-16,24,28-31,35,37H,4-10,12,17-23H2,1-3H3. The van der Waals surface area contributed by atoms with Crippen LogP contribution in [0.1, 0.15) is 117 Å². The third-order valence-corrected chi connectivity index (χ3v) is 12.7. The second kappa shape index (κ2) is 12.9. The summed E-state index contributed by atoms with van der Waals surface area (Å²) in [5, 5.41) is 19.1. The van der Waals surface area contributed by atoms with Crippen LogP contribution >= 0.6 is 11.8 Å². The van der Waals surface area contributed by atoms with Crippen LogP contribution in [0, 0.1) is 39.7 Å². The van der Waals surface area contributed by atoms with Crippen LogP contribution in [0.5, 0.6) is 5.75 Å². The van der Waals surface area contributed by atoms with E-state index in [1.807, 2.05) is 0 Å². The summed E-state index contributed by atoms with van der Waals surface area (Å²) in [4.78, 5) is 12.7. The van der Waals surface area contributed by atoms with Gasteiger partial charge >= 0.3 is 5.30 Å². The lowest BCUT2D eigenvalue weighted by Crippen LogP contribution is -2.99. The Kier molecular flexibility index (Phi) is 9.71. The molecule has 1 aromatic rings. The summed E-state index contributed by atoms with van der Waals surface area (Å²) in [5.41, 5.74) is 2.62. The second-order valence-electron chi connectivity index (χ2n) is 13.8. The Morgan fingerprint density at radius 3 is 2.52 bits per heavy atom. The highest BCUT2D eigenvalue weighted by Crippen LogP contribution is 2.67. The highest BCUT2D eigenvalue weighted by molar-refractivity contribution is 8.13. The number of allylic oxidation sites excluding steroid dienone is 2. The average Bonchev–Trinajstić information content (AvgIpc) is 3.27. The van der Waals surface area contributed by atoms with Crippen molar-refractivity contribution in [1.29, 1.82) is 0 Å². The molecule has 0 bridgehead atoms. The number of nitrogens with one attached hydrogen (secondary N) is 1. The minimum atomic E-state index is -0.982. The van der Waals surface area contributed by atoms with E-state index in [2.05, 4.69) is 26.8 Å².